The van der Waals surface area contributed by atoms with Crippen molar-refractivity contribution in [3.05, 3.63) is 35.9 Å². The van der Waals surface area contributed by atoms with Crippen molar-refractivity contribution in [1.29, 1.82) is 0 Å². The molecular formula is C17H24N2O2. The third-order valence-electron chi connectivity index (χ3n) is 4.32. The fraction of sp³-hybridized carbons (Fsp3) is 0.588. The van der Waals surface area contributed by atoms with Gasteiger partial charge in [0, 0.05) is 25.7 Å². The summed E-state index contributed by atoms with van der Waals surface area (Å²) in [5.41, 5.74) is 1.34. The zero-order valence-corrected chi connectivity index (χ0v) is 12.5. The first-order valence-electron chi connectivity index (χ1n) is 7.99. The lowest BCUT2D eigenvalue weighted by Crippen LogP contribution is -2.49. The highest BCUT2D eigenvalue weighted by Crippen LogP contribution is 2.16. The molecule has 2 atom stereocenters. The van der Waals surface area contributed by atoms with E-state index in [2.05, 4.69) is 34.5 Å². The number of nitrogens with one attached hydrogen (secondary N) is 1. The molecule has 0 radical (unpaired) electrons. The van der Waals surface area contributed by atoms with E-state index < -0.39 is 0 Å². The van der Waals surface area contributed by atoms with Crippen LogP contribution in [0.4, 0.5) is 0 Å². The van der Waals surface area contributed by atoms with Gasteiger partial charge in [0.2, 0.25) is 5.91 Å². The molecule has 2 heterocycles. The maximum absolute atomic E-state index is 12.1. The maximum Gasteiger partial charge on any atom is 0.249 e. The highest BCUT2D eigenvalue weighted by atomic mass is 16.5. The summed E-state index contributed by atoms with van der Waals surface area (Å²) >= 11 is 0. The maximum atomic E-state index is 12.1. The van der Waals surface area contributed by atoms with Crippen LogP contribution in [-0.4, -0.2) is 42.6 Å². The second-order valence-corrected chi connectivity index (χ2v) is 6.07. The molecule has 0 bridgehead atoms. The molecule has 21 heavy (non-hydrogen) atoms. The molecule has 1 N–H and O–H groups in total. The number of nitrogens with zero attached hydrogens (tertiary/aromatic N) is 1. The molecule has 0 aliphatic carbocycles. The van der Waals surface area contributed by atoms with Gasteiger partial charge in [-0.2, -0.15) is 0 Å². The minimum atomic E-state index is -0.213. The number of ether oxygens (including phenoxy) is 1. The Bertz CT molecular complexity index is 457. The van der Waals surface area contributed by atoms with Crippen LogP contribution in [0.1, 0.15) is 31.2 Å². The Morgan fingerprint density at radius 3 is 2.86 bits per heavy atom. The van der Waals surface area contributed by atoms with Crippen LogP contribution in [0.5, 0.6) is 0 Å². The summed E-state index contributed by atoms with van der Waals surface area (Å²) in [6.07, 6.45) is 3.87. The fourth-order valence-corrected chi connectivity index (χ4v) is 3.24. The Morgan fingerprint density at radius 2 is 2.10 bits per heavy atom. The van der Waals surface area contributed by atoms with Crippen molar-refractivity contribution >= 4 is 5.91 Å². The molecule has 1 aromatic carbocycles. The number of rotatable bonds is 4. The van der Waals surface area contributed by atoms with E-state index in [9.17, 15) is 4.79 Å². The van der Waals surface area contributed by atoms with Gasteiger partial charge in [0.15, 0.2) is 0 Å². The SMILES string of the molecule is O=C(N[C@@H]1CCCN(Cc2ccccc2)C1)[C@@H]1CCCO1. The topological polar surface area (TPSA) is 41.6 Å². The van der Waals surface area contributed by atoms with Crippen LogP contribution in [0.25, 0.3) is 0 Å². The van der Waals surface area contributed by atoms with Crippen molar-refractivity contribution in [3.8, 4) is 0 Å². The van der Waals surface area contributed by atoms with Crippen LogP contribution in [-0.2, 0) is 16.1 Å². The van der Waals surface area contributed by atoms with Crippen molar-refractivity contribution in [2.45, 2.75) is 44.4 Å². The van der Waals surface area contributed by atoms with Gasteiger partial charge in [-0.3, -0.25) is 9.69 Å². The van der Waals surface area contributed by atoms with Crippen molar-refractivity contribution < 1.29 is 9.53 Å². The second kappa shape index (κ2) is 7.05. The number of amides is 1. The fourth-order valence-electron chi connectivity index (χ4n) is 3.24. The molecule has 1 amide bonds. The number of piperidine rings is 1. The first kappa shape index (κ1) is 14.5. The lowest BCUT2D eigenvalue weighted by atomic mass is 10.0. The van der Waals surface area contributed by atoms with E-state index in [1.165, 1.54) is 5.56 Å². The number of hydrogen-bond acceptors (Lipinski definition) is 3. The van der Waals surface area contributed by atoms with Gasteiger partial charge in [-0.05, 0) is 37.8 Å². The highest BCUT2D eigenvalue weighted by molar-refractivity contribution is 5.81. The van der Waals surface area contributed by atoms with Crippen molar-refractivity contribution in [2.75, 3.05) is 19.7 Å². The highest BCUT2D eigenvalue weighted by Gasteiger charge is 2.27. The normalized spacial score (nSPS) is 26.7. The van der Waals surface area contributed by atoms with Gasteiger partial charge in [0.1, 0.15) is 6.10 Å². The lowest BCUT2D eigenvalue weighted by molar-refractivity contribution is -0.131. The van der Waals surface area contributed by atoms with Gasteiger partial charge in [-0.1, -0.05) is 30.3 Å². The Labute approximate surface area is 126 Å². The summed E-state index contributed by atoms with van der Waals surface area (Å²) in [6, 6.07) is 10.8. The molecule has 0 aromatic heterocycles. The predicted molar refractivity (Wildman–Crippen MR) is 81.9 cm³/mol. The van der Waals surface area contributed by atoms with Gasteiger partial charge in [0.25, 0.3) is 0 Å². The standard InChI is InChI=1S/C17H24N2O2/c20-17(16-9-5-11-21-16)18-15-8-4-10-19(13-15)12-14-6-2-1-3-7-14/h1-3,6-7,15-16H,4-5,8-13H2,(H,18,20)/t15-,16+/m1/s1. The van der Waals surface area contributed by atoms with Crippen molar-refractivity contribution in [1.82, 2.24) is 10.2 Å². The number of carbonyl (C=O) groups is 1. The first-order chi connectivity index (χ1) is 10.3. The Hall–Kier alpha value is -1.39. The molecule has 0 saturated carbocycles. The second-order valence-electron chi connectivity index (χ2n) is 6.07. The summed E-state index contributed by atoms with van der Waals surface area (Å²) < 4.78 is 5.45. The van der Waals surface area contributed by atoms with E-state index in [-0.39, 0.29) is 18.1 Å². The minimum absolute atomic E-state index is 0.0825. The molecule has 2 fully saturated rings. The number of hydrogen-bond donors (Lipinski definition) is 1. The van der Waals surface area contributed by atoms with E-state index >= 15 is 0 Å². The molecule has 2 saturated heterocycles. The van der Waals surface area contributed by atoms with E-state index in [0.29, 0.717) is 0 Å². The summed E-state index contributed by atoms with van der Waals surface area (Å²) in [7, 11) is 0. The van der Waals surface area contributed by atoms with Crippen molar-refractivity contribution in [2.24, 2.45) is 0 Å². The number of benzene rings is 1. The van der Waals surface area contributed by atoms with Crippen LogP contribution in [0.2, 0.25) is 0 Å². The molecule has 2 aliphatic rings. The zero-order chi connectivity index (χ0) is 14.5. The first-order valence-corrected chi connectivity index (χ1v) is 7.99. The monoisotopic (exact) mass is 288 g/mol. The molecule has 2 aliphatic heterocycles. The third-order valence-corrected chi connectivity index (χ3v) is 4.32. The Morgan fingerprint density at radius 1 is 1.24 bits per heavy atom. The minimum Gasteiger partial charge on any atom is -0.368 e. The van der Waals surface area contributed by atoms with Gasteiger partial charge in [0.05, 0.1) is 0 Å². The average Bonchev–Trinajstić information content (AvgIpc) is 3.03. The molecule has 4 heteroatoms. The zero-order valence-electron chi connectivity index (χ0n) is 12.5. The van der Waals surface area contributed by atoms with Gasteiger partial charge in [-0.15, -0.1) is 0 Å². The van der Waals surface area contributed by atoms with Gasteiger partial charge in [-0.25, -0.2) is 0 Å². The van der Waals surface area contributed by atoms with Crippen LogP contribution < -0.4 is 5.32 Å². The van der Waals surface area contributed by atoms with Gasteiger partial charge < -0.3 is 10.1 Å². The van der Waals surface area contributed by atoms with E-state index in [0.717, 1.165) is 51.9 Å². The molecule has 114 valence electrons. The van der Waals surface area contributed by atoms with Gasteiger partial charge >= 0.3 is 0 Å². The molecule has 3 rings (SSSR count). The van der Waals surface area contributed by atoms with Crippen LogP contribution in [0.15, 0.2) is 30.3 Å². The summed E-state index contributed by atoms with van der Waals surface area (Å²) in [5.74, 6) is 0.0825. The van der Waals surface area contributed by atoms with E-state index in [1.54, 1.807) is 0 Å². The largest absolute Gasteiger partial charge is 0.368 e. The Kier molecular flexibility index (Phi) is 4.88. The molecule has 1 aromatic rings. The van der Waals surface area contributed by atoms with E-state index in [4.69, 9.17) is 4.74 Å². The predicted octanol–water partition coefficient (Wildman–Crippen LogP) is 1.95. The molecular weight excluding hydrogens is 264 g/mol. The molecule has 4 nitrogen and oxygen atoms in total. The van der Waals surface area contributed by atoms with Crippen LogP contribution in [0.3, 0.4) is 0 Å². The summed E-state index contributed by atoms with van der Waals surface area (Å²) in [4.78, 5) is 14.6. The average molecular weight is 288 g/mol. The molecule has 0 unspecified atom stereocenters. The third kappa shape index (κ3) is 4.05. The number of carbonyl (C=O) groups excluding carboxylic acids is 1. The summed E-state index contributed by atoms with van der Waals surface area (Å²) in [5, 5.41) is 3.17. The van der Waals surface area contributed by atoms with Crippen LogP contribution >= 0.6 is 0 Å². The quantitative estimate of drug-likeness (QED) is 0.920. The Balaban J connectivity index is 1.49. The lowest BCUT2D eigenvalue weighted by Gasteiger charge is -2.33. The molecule has 0 spiro atoms. The van der Waals surface area contributed by atoms with E-state index in [1.807, 2.05) is 6.07 Å². The number of likely N-dealkylation sites (tertiary alicyclic amines) is 1. The summed E-state index contributed by atoms with van der Waals surface area (Å²) in [6.45, 7) is 3.74. The van der Waals surface area contributed by atoms with Crippen molar-refractivity contribution in [3.63, 3.8) is 0 Å². The van der Waals surface area contributed by atoms with Crippen LogP contribution in [0, 0.1) is 0 Å². The smallest absolute Gasteiger partial charge is 0.249 e.